The molecular weight excluding hydrogens is 524 g/mol. The molecule has 0 bridgehead atoms. The summed E-state index contributed by atoms with van der Waals surface area (Å²) < 4.78 is 12.3. The molecule has 0 aromatic heterocycles. The number of benzene rings is 2. The molecule has 2 aromatic rings. The van der Waals surface area contributed by atoms with Crippen molar-refractivity contribution in [3.8, 4) is 29.7 Å². The Morgan fingerprint density at radius 1 is 1.05 bits per heavy atom. The molecule has 4 nitrogen and oxygen atoms in total. The van der Waals surface area contributed by atoms with Gasteiger partial charge in [0.05, 0.1) is 17.9 Å². The Bertz CT molecular complexity index is 1080. The van der Waals surface area contributed by atoms with Crippen molar-refractivity contribution >= 4 is 17.8 Å². The van der Waals surface area contributed by atoms with Crippen molar-refractivity contribution in [2.24, 2.45) is 0 Å². The number of ether oxygens (including phenoxy) is 1. The van der Waals surface area contributed by atoms with Gasteiger partial charge in [-0.05, 0) is 124 Å². The second kappa shape index (κ2) is 18.4. The molecule has 0 saturated carbocycles. The van der Waals surface area contributed by atoms with Crippen molar-refractivity contribution < 1.29 is 9.84 Å². The largest absolute Gasteiger partial charge is 0.493 e. The van der Waals surface area contributed by atoms with Crippen LogP contribution in [0.15, 0.2) is 18.2 Å². The van der Waals surface area contributed by atoms with Crippen LogP contribution in [0.2, 0.25) is 0 Å². The van der Waals surface area contributed by atoms with Crippen molar-refractivity contribution in [1.29, 1.82) is 0 Å². The predicted octanol–water partition coefficient (Wildman–Crippen LogP) is 9.71. The SMILES string of the molecule is C#C.CC.CC(C)(C)O.CCCc1c(C)c2c(c(C)c1-c1ccc3c(c1)CCCO3)CCN(C(CC)CCC)SN2. The zero-order chi connectivity index (χ0) is 31.2. The second-order valence-corrected chi connectivity index (χ2v) is 12.4. The Morgan fingerprint density at radius 2 is 1.71 bits per heavy atom. The second-order valence-electron chi connectivity index (χ2n) is 11.6. The van der Waals surface area contributed by atoms with E-state index < -0.39 is 5.60 Å². The average Bonchev–Trinajstić information content (AvgIpc) is 3.19. The maximum absolute atomic E-state index is 8.52. The Morgan fingerprint density at radius 3 is 2.29 bits per heavy atom. The van der Waals surface area contributed by atoms with Gasteiger partial charge in [0.25, 0.3) is 0 Å². The highest BCUT2D eigenvalue weighted by Gasteiger charge is 2.26. The first-order valence-corrected chi connectivity index (χ1v) is 16.5. The molecule has 2 N–H and O–H groups in total. The van der Waals surface area contributed by atoms with Crippen LogP contribution in [-0.2, 0) is 19.3 Å². The van der Waals surface area contributed by atoms with Gasteiger partial charge in [-0.2, -0.15) is 0 Å². The van der Waals surface area contributed by atoms with E-state index in [1.165, 1.54) is 63.9 Å². The maximum Gasteiger partial charge on any atom is 0.122 e. The molecule has 2 aromatic carbocycles. The van der Waals surface area contributed by atoms with Gasteiger partial charge in [-0.15, -0.1) is 12.8 Å². The van der Waals surface area contributed by atoms with E-state index in [4.69, 9.17) is 9.84 Å². The molecule has 230 valence electrons. The number of nitrogens with one attached hydrogen (secondary N) is 1. The Labute approximate surface area is 257 Å². The van der Waals surface area contributed by atoms with Crippen LogP contribution in [0.4, 0.5) is 5.69 Å². The van der Waals surface area contributed by atoms with Crippen LogP contribution in [-0.4, -0.2) is 34.2 Å². The van der Waals surface area contributed by atoms with Gasteiger partial charge in [0.1, 0.15) is 5.75 Å². The number of fused-ring (bicyclic) bond motifs is 2. The first-order valence-electron chi connectivity index (χ1n) is 15.7. The molecule has 0 amide bonds. The quantitative estimate of drug-likeness (QED) is 0.251. The predicted molar refractivity (Wildman–Crippen MR) is 183 cm³/mol. The van der Waals surface area contributed by atoms with Gasteiger partial charge >= 0.3 is 0 Å². The van der Waals surface area contributed by atoms with Gasteiger partial charge in [0.15, 0.2) is 0 Å². The molecule has 0 spiro atoms. The average molecular weight is 583 g/mol. The molecule has 2 aliphatic rings. The number of nitrogens with zero attached hydrogens (tertiary/aromatic N) is 1. The highest BCUT2D eigenvalue weighted by atomic mass is 32.2. The lowest BCUT2D eigenvalue weighted by Crippen LogP contribution is -2.30. The van der Waals surface area contributed by atoms with E-state index in [1.54, 1.807) is 20.8 Å². The van der Waals surface area contributed by atoms with E-state index in [1.807, 2.05) is 26.0 Å². The van der Waals surface area contributed by atoms with Crippen LogP contribution in [0.5, 0.6) is 5.75 Å². The smallest absolute Gasteiger partial charge is 0.122 e. The van der Waals surface area contributed by atoms with Gasteiger partial charge < -0.3 is 14.6 Å². The minimum Gasteiger partial charge on any atom is -0.493 e. The summed E-state index contributed by atoms with van der Waals surface area (Å²) in [5.74, 6) is 1.08. The topological polar surface area (TPSA) is 44.7 Å². The zero-order valence-electron chi connectivity index (χ0n) is 27.7. The van der Waals surface area contributed by atoms with Gasteiger partial charge in [0.2, 0.25) is 0 Å². The molecule has 1 atom stereocenters. The van der Waals surface area contributed by atoms with Gasteiger partial charge in [-0.25, -0.2) is 4.31 Å². The summed E-state index contributed by atoms with van der Waals surface area (Å²) in [6, 6.07) is 7.54. The normalized spacial score (nSPS) is 15.0. The summed E-state index contributed by atoms with van der Waals surface area (Å²) in [5, 5.41) is 8.52. The minimum absolute atomic E-state index is 0.500. The van der Waals surface area contributed by atoms with E-state index in [2.05, 4.69) is 74.7 Å². The van der Waals surface area contributed by atoms with Crippen LogP contribution in [0, 0.1) is 26.7 Å². The molecule has 1 unspecified atom stereocenters. The highest BCUT2D eigenvalue weighted by molar-refractivity contribution is 7.98. The monoisotopic (exact) mass is 582 g/mol. The lowest BCUT2D eigenvalue weighted by molar-refractivity contribution is 0.102. The summed E-state index contributed by atoms with van der Waals surface area (Å²) in [5.41, 5.74) is 11.0. The molecule has 5 heteroatoms. The lowest BCUT2D eigenvalue weighted by atomic mass is 9.83. The van der Waals surface area contributed by atoms with Crippen LogP contribution in [0.25, 0.3) is 11.1 Å². The van der Waals surface area contributed by atoms with E-state index in [9.17, 15) is 0 Å². The van der Waals surface area contributed by atoms with E-state index in [0.29, 0.717) is 6.04 Å². The number of aliphatic hydroxyl groups is 1. The number of hydrogen-bond acceptors (Lipinski definition) is 5. The molecule has 0 saturated heterocycles. The van der Waals surface area contributed by atoms with E-state index in [0.717, 1.165) is 51.0 Å². The summed E-state index contributed by atoms with van der Waals surface area (Å²) in [7, 11) is 0. The minimum atomic E-state index is -0.500. The van der Waals surface area contributed by atoms with E-state index in [-0.39, 0.29) is 0 Å². The maximum atomic E-state index is 8.52. The Balaban J connectivity index is 0.000000831. The van der Waals surface area contributed by atoms with Crippen LogP contribution < -0.4 is 9.46 Å². The standard InChI is InChI=1S/C28H40N2OS.C4H10O.C2H6.C2H2/c1-6-10-23(8-3)30-16-15-25-19(4)27(24(11-7-2)20(5)28(25)29-32-30)22-13-14-26-21(18-22)12-9-17-31-26;1-4(2,3)5;2*1-2/h13-14,18,23,29H,6-12,15-17H2,1-5H3;5H,1-3H3;1-2H3;1-2H. The molecular formula is C36H58N2O2S. The highest BCUT2D eigenvalue weighted by Crippen LogP contribution is 2.43. The molecule has 0 radical (unpaired) electrons. The number of anilines is 1. The number of hydrogen-bond donors (Lipinski definition) is 2. The molecule has 41 heavy (non-hydrogen) atoms. The third-order valence-electron chi connectivity index (χ3n) is 7.30. The molecule has 0 aliphatic carbocycles. The molecule has 2 heterocycles. The van der Waals surface area contributed by atoms with E-state index >= 15 is 0 Å². The number of terminal acetylenes is 1. The fourth-order valence-electron chi connectivity index (χ4n) is 5.56. The summed E-state index contributed by atoms with van der Waals surface area (Å²) in [6.07, 6.45) is 17.3. The summed E-state index contributed by atoms with van der Waals surface area (Å²) >= 11 is 1.84. The van der Waals surface area contributed by atoms with Crippen molar-refractivity contribution in [3.63, 3.8) is 0 Å². The van der Waals surface area contributed by atoms with Crippen molar-refractivity contribution in [2.45, 2.75) is 132 Å². The Hall–Kier alpha value is -2.13. The number of rotatable bonds is 7. The molecule has 0 fully saturated rings. The summed E-state index contributed by atoms with van der Waals surface area (Å²) in [4.78, 5) is 0. The van der Waals surface area contributed by atoms with Crippen LogP contribution in [0.1, 0.15) is 115 Å². The van der Waals surface area contributed by atoms with Crippen molar-refractivity contribution in [3.05, 3.63) is 46.0 Å². The molecule has 4 rings (SSSR count). The molecule has 2 aliphatic heterocycles. The zero-order valence-corrected chi connectivity index (χ0v) is 28.6. The first kappa shape index (κ1) is 36.9. The third-order valence-corrected chi connectivity index (χ3v) is 8.31. The fourth-order valence-corrected chi connectivity index (χ4v) is 6.63. The fraction of sp³-hybridized carbons (Fsp3) is 0.611. The van der Waals surface area contributed by atoms with Crippen LogP contribution in [0.3, 0.4) is 0 Å². The first-order chi connectivity index (χ1) is 19.6. The third kappa shape index (κ3) is 10.6. The number of aryl methyl sites for hydroxylation is 1. The Kier molecular flexibility index (Phi) is 16.6. The summed E-state index contributed by atoms with van der Waals surface area (Å²) in [6.45, 7) is 22.8. The lowest BCUT2D eigenvalue weighted by Gasteiger charge is -2.27. The van der Waals surface area contributed by atoms with Crippen molar-refractivity contribution in [2.75, 3.05) is 17.9 Å². The van der Waals surface area contributed by atoms with Gasteiger partial charge in [-0.1, -0.05) is 53.5 Å². The van der Waals surface area contributed by atoms with Crippen molar-refractivity contribution in [1.82, 2.24) is 4.31 Å². The van der Waals surface area contributed by atoms with Gasteiger partial charge in [-0.3, -0.25) is 0 Å². The van der Waals surface area contributed by atoms with Crippen LogP contribution >= 0.6 is 12.1 Å². The van der Waals surface area contributed by atoms with Gasteiger partial charge in [0, 0.05) is 24.7 Å².